The van der Waals surface area contributed by atoms with Gasteiger partial charge < -0.3 is 24.0 Å². The maximum Gasteiger partial charge on any atom is 0.350 e. The lowest BCUT2D eigenvalue weighted by Crippen LogP contribution is -2.37. The Morgan fingerprint density at radius 3 is 2.86 bits per heavy atom. The highest BCUT2D eigenvalue weighted by molar-refractivity contribution is 7.51. The molecule has 10 heteroatoms. The molecule has 0 unspecified atom stereocenters. The first kappa shape index (κ1) is 16.3. The minimum atomic E-state index is -4.28. The van der Waals surface area contributed by atoms with Crippen molar-refractivity contribution in [2.75, 3.05) is 20.1 Å². The van der Waals surface area contributed by atoms with Crippen LogP contribution in [0, 0.1) is 6.92 Å². The number of aryl methyl sites for hydroxylation is 1. The molecule has 118 valence electrons. The molecular formula is C11H17N2O7P. The fourth-order valence-corrected chi connectivity index (χ4v) is 2.49. The Labute approximate surface area is 120 Å². The van der Waals surface area contributed by atoms with E-state index in [0.717, 1.165) is 0 Å². The van der Waals surface area contributed by atoms with Crippen LogP contribution in [-0.4, -0.2) is 51.6 Å². The zero-order valence-corrected chi connectivity index (χ0v) is 12.5. The molecule has 0 saturated carbocycles. The van der Waals surface area contributed by atoms with Gasteiger partial charge in [-0.3, -0.25) is 9.13 Å². The number of nitrogens with zero attached hydrogens (tertiary/aromatic N) is 2. The summed E-state index contributed by atoms with van der Waals surface area (Å²) in [6.07, 6.45) is -1.29. The van der Waals surface area contributed by atoms with Gasteiger partial charge in [0, 0.05) is 19.0 Å². The summed E-state index contributed by atoms with van der Waals surface area (Å²) in [5.74, 6) is 0. The summed E-state index contributed by atoms with van der Waals surface area (Å²) in [6, 6.07) is 1.65. The second-order valence-corrected chi connectivity index (χ2v) is 6.27. The smallest absolute Gasteiger partial charge is 0.350 e. The third-order valence-electron chi connectivity index (χ3n) is 3.05. The molecule has 2 N–H and O–H groups in total. The third kappa shape index (κ3) is 3.97. The van der Waals surface area contributed by atoms with Crippen LogP contribution in [0.2, 0.25) is 0 Å². The average molecular weight is 320 g/mol. The summed E-state index contributed by atoms with van der Waals surface area (Å²) in [4.78, 5) is 33.3. The quantitative estimate of drug-likeness (QED) is 0.704. The van der Waals surface area contributed by atoms with E-state index in [1.807, 2.05) is 0 Å². The maximum absolute atomic E-state index is 11.9. The lowest BCUT2D eigenvalue weighted by molar-refractivity contribution is -0.0561. The molecule has 1 aliphatic rings. The largest absolute Gasteiger partial charge is 0.374 e. The van der Waals surface area contributed by atoms with Gasteiger partial charge in [-0.25, -0.2) is 4.79 Å². The molecule has 9 nitrogen and oxygen atoms in total. The SMILES string of the molecule is CO[C@@H]1[C@@H](OCP(=O)(O)O)CO[C@H]1n1ccc(C)nc1=O. The molecule has 21 heavy (non-hydrogen) atoms. The zero-order valence-electron chi connectivity index (χ0n) is 11.6. The molecule has 3 atom stereocenters. The van der Waals surface area contributed by atoms with Gasteiger partial charge in [-0.15, -0.1) is 0 Å². The second-order valence-electron chi connectivity index (χ2n) is 4.68. The average Bonchev–Trinajstić information content (AvgIpc) is 2.78. The van der Waals surface area contributed by atoms with Gasteiger partial charge in [0.2, 0.25) is 0 Å². The second kappa shape index (κ2) is 6.35. The minimum absolute atomic E-state index is 0.0590. The molecule has 2 rings (SSSR count). The molecule has 0 radical (unpaired) electrons. The van der Waals surface area contributed by atoms with E-state index in [0.29, 0.717) is 5.69 Å². The van der Waals surface area contributed by atoms with Crippen LogP contribution in [0.5, 0.6) is 0 Å². The molecule has 2 heterocycles. The van der Waals surface area contributed by atoms with Crippen molar-refractivity contribution in [1.82, 2.24) is 9.55 Å². The fraction of sp³-hybridized carbons (Fsp3) is 0.636. The van der Waals surface area contributed by atoms with Crippen LogP contribution >= 0.6 is 7.60 Å². The molecular weight excluding hydrogens is 303 g/mol. The molecule has 0 aromatic carbocycles. The number of methoxy groups -OCH3 is 1. The summed E-state index contributed by atoms with van der Waals surface area (Å²) in [6.45, 7) is 1.75. The first-order valence-electron chi connectivity index (χ1n) is 6.18. The molecule has 0 amide bonds. The maximum atomic E-state index is 11.9. The van der Waals surface area contributed by atoms with Gasteiger partial charge in [0.25, 0.3) is 0 Å². The highest BCUT2D eigenvalue weighted by Gasteiger charge is 2.41. The van der Waals surface area contributed by atoms with E-state index < -0.39 is 38.1 Å². The van der Waals surface area contributed by atoms with Crippen LogP contribution in [-0.2, 0) is 18.8 Å². The number of ether oxygens (including phenoxy) is 3. The van der Waals surface area contributed by atoms with Crippen molar-refractivity contribution in [2.24, 2.45) is 0 Å². The molecule has 0 spiro atoms. The predicted octanol–water partition coefficient (Wildman–Crippen LogP) is -0.384. The van der Waals surface area contributed by atoms with Crippen LogP contribution in [0.1, 0.15) is 11.9 Å². The molecule has 1 aromatic heterocycles. The summed E-state index contributed by atoms with van der Waals surface area (Å²) < 4.78 is 28.0. The molecule has 1 aliphatic heterocycles. The van der Waals surface area contributed by atoms with E-state index >= 15 is 0 Å². The first-order valence-corrected chi connectivity index (χ1v) is 7.98. The molecule has 1 aromatic rings. The van der Waals surface area contributed by atoms with Crippen LogP contribution in [0.25, 0.3) is 0 Å². The normalized spacial score (nSPS) is 26.2. The van der Waals surface area contributed by atoms with Gasteiger partial charge in [0.1, 0.15) is 18.6 Å². The number of hydrogen-bond donors (Lipinski definition) is 2. The van der Waals surface area contributed by atoms with E-state index in [1.54, 1.807) is 13.0 Å². The van der Waals surface area contributed by atoms with Crippen molar-refractivity contribution in [3.8, 4) is 0 Å². The molecule has 1 saturated heterocycles. The highest BCUT2D eigenvalue weighted by Crippen LogP contribution is 2.36. The van der Waals surface area contributed by atoms with E-state index in [-0.39, 0.29) is 6.61 Å². The van der Waals surface area contributed by atoms with E-state index in [9.17, 15) is 9.36 Å². The van der Waals surface area contributed by atoms with Gasteiger partial charge >= 0.3 is 13.3 Å². The Kier molecular flexibility index (Phi) is 4.92. The Morgan fingerprint density at radius 1 is 1.57 bits per heavy atom. The topological polar surface area (TPSA) is 120 Å². The number of aromatic nitrogens is 2. The number of rotatable bonds is 5. The minimum Gasteiger partial charge on any atom is -0.374 e. The third-order valence-corrected chi connectivity index (χ3v) is 3.54. The van der Waals surface area contributed by atoms with Gasteiger partial charge in [-0.2, -0.15) is 4.98 Å². The van der Waals surface area contributed by atoms with E-state index in [1.165, 1.54) is 17.9 Å². The molecule has 0 bridgehead atoms. The monoisotopic (exact) mass is 320 g/mol. The zero-order chi connectivity index (χ0) is 15.6. The summed E-state index contributed by atoms with van der Waals surface area (Å²) in [7, 11) is -2.87. The van der Waals surface area contributed by atoms with Crippen LogP contribution in [0.4, 0.5) is 0 Å². The molecule has 0 aliphatic carbocycles. The fourth-order valence-electron chi connectivity index (χ4n) is 2.10. The summed E-state index contributed by atoms with van der Waals surface area (Å²) in [5, 5.41) is 0. The van der Waals surface area contributed by atoms with Crippen LogP contribution in [0.15, 0.2) is 17.1 Å². The van der Waals surface area contributed by atoms with Gasteiger partial charge in [-0.05, 0) is 13.0 Å². The van der Waals surface area contributed by atoms with Crippen LogP contribution < -0.4 is 5.69 Å². The Hall–Kier alpha value is -1.09. The van der Waals surface area contributed by atoms with Crippen molar-refractivity contribution in [3.63, 3.8) is 0 Å². The van der Waals surface area contributed by atoms with E-state index in [2.05, 4.69) is 4.98 Å². The van der Waals surface area contributed by atoms with Crippen LogP contribution in [0.3, 0.4) is 0 Å². The lowest BCUT2D eigenvalue weighted by atomic mass is 10.2. The predicted molar refractivity (Wildman–Crippen MR) is 70.8 cm³/mol. The van der Waals surface area contributed by atoms with Crippen molar-refractivity contribution in [3.05, 3.63) is 28.4 Å². The Bertz CT molecular complexity index is 598. The van der Waals surface area contributed by atoms with Crippen molar-refractivity contribution in [2.45, 2.75) is 25.4 Å². The van der Waals surface area contributed by atoms with E-state index in [4.69, 9.17) is 24.0 Å². The Morgan fingerprint density at radius 2 is 2.29 bits per heavy atom. The van der Waals surface area contributed by atoms with Crippen molar-refractivity contribution >= 4 is 7.60 Å². The Balaban J connectivity index is 2.15. The van der Waals surface area contributed by atoms with Crippen molar-refractivity contribution in [1.29, 1.82) is 0 Å². The summed E-state index contributed by atoms with van der Waals surface area (Å²) >= 11 is 0. The molecule has 1 fully saturated rings. The van der Waals surface area contributed by atoms with Crippen molar-refractivity contribution < 1.29 is 28.6 Å². The number of hydrogen-bond acceptors (Lipinski definition) is 6. The highest BCUT2D eigenvalue weighted by atomic mass is 31.2. The first-order chi connectivity index (χ1) is 9.81. The lowest BCUT2D eigenvalue weighted by Gasteiger charge is -2.22. The standard InChI is InChI=1S/C11H17N2O7P/c1-7-3-4-13(11(14)12-7)10-9(18-2)8(5-19-10)20-6-21(15,16)17/h3-4,8-10H,5-6H2,1-2H3,(H2,15,16,17)/t8-,9+,10+/m0/s1. The van der Waals surface area contributed by atoms with Gasteiger partial charge in [0.15, 0.2) is 6.23 Å². The van der Waals surface area contributed by atoms with Gasteiger partial charge in [0.05, 0.1) is 6.61 Å². The van der Waals surface area contributed by atoms with Gasteiger partial charge in [-0.1, -0.05) is 0 Å². The summed E-state index contributed by atoms with van der Waals surface area (Å²) in [5.41, 5.74) is 0.0928.